The maximum atomic E-state index is 15.1. The molecular weight excluding hydrogens is 450 g/mol. The Balaban J connectivity index is 1.90. The lowest BCUT2D eigenvalue weighted by molar-refractivity contribution is 0.0689. The molecule has 6 nitrogen and oxygen atoms in total. The van der Waals surface area contributed by atoms with Gasteiger partial charge in [-0.15, -0.1) is 0 Å². The van der Waals surface area contributed by atoms with E-state index in [1.54, 1.807) is 39.8 Å². The van der Waals surface area contributed by atoms with Gasteiger partial charge in [0.2, 0.25) is 0 Å². The summed E-state index contributed by atoms with van der Waals surface area (Å²) in [6.45, 7) is 2.75. The predicted molar refractivity (Wildman–Crippen MR) is 115 cm³/mol. The first-order chi connectivity index (χ1) is 14.4. The van der Waals surface area contributed by atoms with Crippen molar-refractivity contribution in [3.63, 3.8) is 0 Å². The number of aryl methyl sites for hydroxylation is 1. The Hall–Kier alpha value is -2.55. The third kappa shape index (κ3) is 3.66. The number of aromatic nitrogens is 4. The highest BCUT2D eigenvalue weighted by molar-refractivity contribution is 7.99. The van der Waals surface area contributed by atoms with E-state index in [-0.39, 0.29) is 21.4 Å². The van der Waals surface area contributed by atoms with Crippen molar-refractivity contribution in [1.29, 1.82) is 0 Å². The zero-order chi connectivity index (χ0) is 21.4. The molecule has 1 N–H and O–H groups in total. The summed E-state index contributed by atoms with van der Waals surface area (Å²) in [4.78, 5) is 15.9. The number of fused-ring (bicyclic) bond motifs is 1. The van der Waals surface area contributed by atoms with E-state index in [1.807, 2.05) is 6.92 Å². The summed E-state index contributed by atoms with van der Waals surface area (Å²) in [5, 5.41) is 14.7. The number of halogens is 3. The molecule has 0 aliphatic carbocycles. The molecule has 0 saturated carbocycles. The number of carbonyl (C=O) groups is 1. The molecule has 0 spiro atoms. The van der Waals surface area contributed by atoms with Crippen molar-refractivity contribution in [3.05, 3.63) is 64.4 Å². The van der Waals surface area contributed by atoms with E-state index in [0.29, 0.717) is 27.5 Å². The number of carboxylic acids is 1. The highest BCUT2D eigenvalue weighted by atomic mass is 35.5. The molecule has 0 radical (unpaired) electrons. The van der Waals surface area contributed by atoms with Gasteiger partial charge in [0.25, 0.3) is 0 Å². The molecule has 0 aliphatic heterocycles. The first-order valence-electron chi connectivity index (χ1n) is 8.99. The van der Waals surface area contributed by atoms with E-state index in [4.69, 9.17) is 23.2 Å². The van der Waals surface area contributed by atoms with Crippen LogP contribution < -0.4 is 0 Å². The van der Waals surface area contributed by atoms with E-state index in [2.05, 4.69) is 10.1 Å². The van der Waals surface area contributed by atoms with Gasteiger partial charge in [0.05, 0.1) is 27.3 Å². The zero-order valence-corrected chi connectivity index (χ0v) is 18.0. The number of carboxylic acid groups (broad SMARTS) is 1. The van der Waals surface area contributed by atoms with Crippen molar-refractivity contribution < 1.29 is 14.3 Å². The molecule has 1 aromatic carbocycles. The van der Waals surface area contributed by atoms with Gasteiger partial charge in [0, 0.05) is 18.1 Å². The molecule has 0 saturated heterocycles. The van der Waals surface area contributed by atoms with Crippen LogP contribution >= 0.6 is 35.0 Å². The second-order valence-corrected chi connectivity index (χ2v) is 8.24. The SMILES string of the molecule is CCCn1cc(-n2c(Cl)c(Sc3cccc(C(=O)O)n3)c3ccc(Cl)c(F)c32)cn1. The van der Waals surface area contributed by atoms with Gasteiger partial charge in [0.1, 0.15) is 15.9 Å². The Labute approximate surface area is 185 Å². The Morgan fingerprint density at radius 2 is 2.07 bits per heavy atom. The van der Waals surface area contributed by atoms with Crippen LogP contribution in [0.5, 0.6) is 0 Å². The van der Waals surface area contributed by atoms with Crippen LogP contribution in [0.15, 0.2) is 52.6 Å². The fourth-order valence-corrected chi connectivity index (χ4v) is 4.61. The Bertz CT molecular complexity index is 1270. The second-order valence-electron chi connectivity index (χ2n) is 6.44. The number of aromatic carboxylic acids is 1. The van der Waals surface area contributed by atoms with Crippen LogP contribution in [0.3, 0.4) is 0 Å². The first kappa shape index (κ1) is 20.7. The lowest BCUT2D eigenvalue weighted by Crippen LogP contribution is -1.99. The van der Waals surface area contributed by atoms with E-state index < -0.39 is 11.8 Å². The van der Waals surface area contributed by atoms with Crippen molar-refractivity contribution in [2.45, 2.75) is 29.8 Å². The summed E-state index contributed by atoms with van der Waals surface area (Å²) in [6, 6.07) is 7.81. The molecule has 0 atom stereocenters. The molecule has 0 amide bonds. The van der Waals surface area contributed by atoms with Gasteiger partial charge in [0.15, 0.2) is 5.82 Å². The van der Waals surface area contributed by atoms with Gasteiger partial charge in [-0.3, -0.25) is 9.25 Å². The fourth-order valence-electron chi connectivity index (χ4n) is 3.11. The number of hydrogen-bond donors (Lipinski definition) is 1. The van der Waals surface area contributed by atoms with Crippen molar-refractivity contribution in [2.24, 2.45) is 0 Å². The summed E-state index contributed by atoms with van der Waals surface area (Å²) >= 11 is 13.9. The molecule has 10 heteroatoms. The third-order valence-electron chi connectivity index (χ3n) is 4.40. The predicted octanol–water partition coefficient (Wildman–Crippen LogP) is 5.93. The second kappa shape index (κ2) is 8.29. The molecule has 0 bridgehead atoms. The molecule has 154 valence electrons. The van der Waals surface area contributed by atoms with Crippen LogP contribution in [0, 0.1) is 5.82 Å². The quantitative estimate of drug-likeness (QED) is 0.382. The largest absolute Gasteiger partial charge is 0.477 e. The van der Waals surface area contributed by atoms with E-state index in [9.17, 15) is 9.90 Å². The van der Waals surface area contributed by atoms with Crippen molar-refractivity contribution in [2.75, 3.05) is 0 Å². The average Bonchev–Trinajstić information content (AvgIpc) is 3.28. The van der Waals surface area contributed by atoms with Gasteiger partial charge in [-0.2, -0.15) is 5.10 Å². The van der Waals surface area contributed by atoms with Crippen molar-refractivity contribution >= 4 is 51.8 Å². The molecule has 3 aromatic heterocycles. The zero-order valence-electron chi connectivity index (χ0n) is 15.6. The van der Waals surface area contributed by atoms with Gasteiger partial charge >= 0.3 is 5.97 Å². The Morgan fingerprint density at radius 3 is 2.80 bits per heavy atom. The highest BCUT2D eigenvalue weighted by Gasteiger charge is 2.23. The molecule has 3 heterocycles. The topological polar surface area (TPSA) is 72.9 Å². The number of pyridine rings is 1. The van der Waals surface area contributed by atoms with Crippen molar-refractivity contribution in [1.82, 2.24) is 19.3 Å². The van der Waals surface area contributed by atoms with Crippen LogP contribution in [0.1, 0.15) is 23.8 Å². The highest BCUT2D eigenvalue weighted by Crippen LogP contribution is 2.43. The Morgan fingerprint density at radius 1 is 1.27 bits per heavy atom. The molecule has 0 aliphatic rings. The van der Waals surface area contributed by atoms with Crippen LogP contribution in [-0.2, 0) is 6.54 Å². The molecule has 4 aromatic rings. The number of hydrogen-bond acceptors (Lipinski definition) is 4. The first-order valence-corrected chi connectivity index (χ1v) is 10.6. The van der Waals surface area contributed by atoms with Gasteiger partial charge < -0.3 is 5.11 Å². The maximum Gasteiger partial charge on any atom is 0.354 e. The number of benzene rings is 1. The van der Waals surface area contributed by atoms with Crippen LogP contribution in [0.4, 0.5) is 4.39 Å². The minimum absolute atomic E-state index is 0.0265. The lowest BCUT2D eigenvalue weighted by atomic mass is 10.2. The van der Waals surface area contributed by atoms with Crippen LogP contribution in [0.25, 0.3) is 16.6 Å². The van der Waals surface area contributed by atoms with Gasteiger partial charge in [-0.25, -0.2) is 14.2 Å². The van der Waals surface area contributed by atoms with Crippen LogP contribution in [-0.4, -0.2) is 30.4 Å². The summed E-state index contributed by atoms with van der Waals surface area (Å²) < 4.78 is 18.4. The minimum atomic E-state index is -1.13. The standard InChI is InChI=1S/C20H15Cl2FN4O2S/c1-2-8-26-10-11(9-24-26)27-17-12(6-7-13(21)16(17)23)18(19(27)22)30-15-5-3-4-14(25-15)20(28)29/h3-7,9-10H,2,8H2,1H3,(H,28,29). The summed E-state index contributed by atoms with van der Waals surface area (Å²) in [5.41, 5.74) is 0.731. The van der Waals surface area contributed by atoms with E-state index in [0.717, 1.165) is 18.2 Å². The molecule has 0 unspecified atom stereocenters. The Kier molecular flexibility index (Phi) is 5.73. The minimum Gasteiger partial charge on any atom is -0.477 e. The number of rotatable bonds is 6. The average molecular weight is 465 g/mol. The van der Waals surface area contributed by atoms with E-state index >= 15 is 4.39 Å². The third-order valence-corrected chi connectivity index (χ3v) is 6.22. The molecule has 0 fully saturated rings. The molecular formula is C20H15Cl2FN4O2S. The van der Waals surface area contributed by atoms with Crippen LogP contribution in [0.2, 0.25) is 10.2 Å². The molecule has 4 rings (SSSR count). The normalized spacial score (nSPS) is 11.3. The lowest BCUT2D eigenvalue weighted by Gasteiger charge is -2.05. The number of nitrogens with zero attached hydrogens (tertiary/aromatic N) is 4. The summed E-state index contributed by atoms with van der Waals surface area (Å²) in [6.07, 6.45) is 4.29. The van der Waals surface area contributed by atoms with Crippen molar-refractivity contribution in [3.8, 4) is 5.69 Å². The van der Waals surface area contributed by atoms with Gasteiger partial charge in [-0.05, 0) is 30.7 Å². The van der Waals surface area contributed by atoms with E-state index in [1.165, 1.54) is 12.1 Å². The fraction of sp³-hybridized carbons (Fsp3) is 0.150. The summed E-state index contributed by atoms with van der Waals surface area (Å²) in [5.74, 6) is -1.73. The summed E-state index contributed by atoms with van der Waals surface area (Å²) in [7, 11) is 0. The monoisotopic (exact) mass is 464 g/mol. The van der Waals surface area contributed by atoms with Gasteiger partial charge in [-0.1, -0.05) is 48.0 Å². The smallest absolute Gasteiger partial charge is 0.354 e. The molecule has 30 heavy (non-hydrogen) atoms. The maximum absolute atomic E-state index is 15.1.